The van der Waals surface area contributed by atoms with Gasteiger partial charge in [0.05, 0.1) is 0 Å². The zero-order valence-corrected chi connectivity index (χ0v) is 12.7. The van der Waals surface area contributed by atoms with Crippen molar-refractivity contribution in [1.82, 2.24) is 5.32 Å². The highest BCUT2D eigenvalue weighted by Crippen LogP contribution is 2.12. The first kappa shape index (κ1) is 16.5. The third-order valence-electron chi connectivity index (χ3n) is 3.53. The molecule has 0 bridgehead atoms. The monoisotopic (exact) mass is 276 g/mol. The van der Waals surface area contributed by atoms with Crippen LogP contribution in [0.15, 0.2) is 24.3 Å². The van der Waals surface area contributed by atoms with E-state index in [2.05, 4.69) is 12.2 Å². The maximum atomic E-state index is 11.7. The fourth-order valence-corrected chi connectivity index (χ4v) is 2.23. The van der Waals surface area contributed by atoms with Gasteiger partial charge < -0.3 is 11.1 Å². The van der Waals surface area contributed by atoms with E-state index in [0.29, 0.717) is 6.42 Å². The Morgan fingerprint density at radius 3 is 2.55 bits per heavy atom. The van der Waals surface area contributed by atoms with Gasteiger partial charge >= 0.3 is 0 Å². The molecule has 0 heterocycles. The molecule has 0 aromatic heterocycles. The van der Waals surface area contributed by atoms with Crippen LogP contribution in [0.4, 0.5) is 5.69 Å². The summed E-state index contributed by atoms with van der Waals surface area (Å²) in [7, 11) is 0. The largest absolute Gasteiger partial charge is 0.399 e. The number of hydrogen-bond acceptors (Lipinski definition) is 2. The van der Waals surface area contributed by atoms with E-state index in [1.165, 1.54) is 32.1 Å². The maximum absolute atomic E-state index is 11.7. The highest BCUT2D eigenvalue weighted by molar-refractivity contribution is 5.76. The van der Waals surface area contributed by atoms with Crippen molar-refractivity contribution in [3.8, 4) is 0 Å². The van der Waals surface area contributed by atoms with Crippen LogP contribution in [0.1, 0.15) is 57.4 Å². The number of nitrogens with two attached hydrogens (primary N) is 1. The fourth-order valence-electron chi connectivity index (χ4n) is 2.23. The van der Waals surface area contributed by atoms with Crippen LogP contribution in [0.2, 0.25) is 0 Å². The molecule has 1 rings (SSSR count). The van der Waals surface area contributed by atoms with Crippen molar-refractivity contribution in [1.29, 1.82) is 0 Å². The third-order valence-corrected chi connectivity index (χ3v) is 3.53. The van der Waals surface area contributed by atoms with Gasteiger partial charge in [-0.3, -0.25) is 4.79 Å². The Morgan fingerprint density at radius 2 is 1.80 bits per heavy atom. The fraction of sp³-hybridized carbons (Fsp3) is 0.588. The van der Waals surface area contributed by atoms with Crippen LogP contribution in [-0.2, 0) is 11.2 Å². The van der Waals surface area contributed by atoms with Gasteiger partial charge in [0, 0.05) is 18.7 Å². The Hall–Kier alpha value is -1.51. The molecule has 112 valence electrons. The molecule has 1 amide bonds. The SMILES string of the molecule is CCCCCCCCNC(=O)CCc1ccccc1N. The second-order valence-electron chi connectivity index (χ2n) is 5.32. The standard InChI is InChI=1S/C17H28N2O/c1-2-3-4-5-6-9-14-19-17(20)13-12-15-10-7-8-11-16(15)18/h7-8,10-11H,2-6,9,12-14,18H2,1H3,(H,19,20). The predicted molar refractivity (Wildman–Crippen MR) is 85.6 cm³/mol. The van der Waals surface area contributed by atoms with Crippen LogP contribution in [0.3, 0.4) is 0 Å². The molecule has 20 heavy (non-hydrogen) atoms. The minimum absolute atomic E-state index is 0.127. The third kappa shape index (κ3) is 7.17. The van der Waals surface area contributed by atoms with Crippen molar-refractivity contribution in [2.45, 2.75) is 58.3 Å². The average molecular weight is 276 g/mol. The van der Waals surface area contributed by atoms with Gasteiger partial charge in [0.1, 0.15) is 0 Å². The number of nitrogens with one attached hydrogen (secondary N) is 1. The van der Waals surface area contributed by atoms with E-state index in [4.69, 9.17) is 5.73 Å². The molecule has 0 unspecified atom stereocenters. The molecule has 0 atom stereocenters. The van der Waals surface area contributed by atoms with Crippen molar-refractivity contribution in [2.75, 3.05) is 12.3 Å². The molecule has 0 saturated heterocycles. The summed E-state index contributed by atoms with van der Waals surface area (Å²) in [5, 5.41) is 2.98. The van der Waals surface area contributed by atoms with Gasteiger partial charge in [-0.1, -0.05) is 57.2 Å². The van der Waals surface area contributed by atoms with Crippen molar-refractivity contribution in [3.63, 3.8) is 0 Å². The summed E-state index contributed by atoms with van der Waals surface area (Å²) in [6.45, 7) is 3.02. The summed E-state index contributed by atoms with van der Waals surface area (Å²) >= 11 is 0. The number of amides is 1. The molecule has 0 spiro atoms. The lowest BCUT2D eigenvalue weighted by Gasteiger charge is -2.07. The number of carbonyl (C=O) groups excluding carboxylic acids is 1. The summed E-state index contributed by atoms with van der Waals surface area (Å²) in [6, 6.07) is 7.73. The van der Waals surface area contributed by atoms with Gasteiger partial charge in [0.2, 0.25) is 5.91 Å². The van der Waals surface area contributed by atoms with Crippen LogP contribution in [0, 0.1) is 0 Å². The molecule has 0 aliphatic carbocycles. The lowest BCUT2D eigenvalue weighted by molar-refractivity contribution is -0.121. The molecular weight excluding hydrogens is 248 g/mol. The van der Waals surface area contributed by atoms with E-state index in [9.17, 15) is 4.79 Å². The van der Waals surface area contributed by atoms with Gasteiger partial charge in [-0.2, -0.15) is 0 Å². The predicted octanol–water partition coefficient (Wildman–Crippen LogP) is 3.68. The smallest absolute Gasteiger partial charge is 0.220 e. The van der Waals surface area contributed by atoms with Crippen LogP contribution in [0.25, 0.3) is 0 Å². The number of para-hydroxylation sites is 1. The van der Waals surface area contributed by atoms with E-state index in [0.717, 1.165) is 30.6 Å². The molecule has 3 N–H and O–H groups in total. The number of hydrogen-bond donors (Lipinski definition) is 2. The van der Waals surface area contributed by atoms with E-state index >= 15 is 0 Å². The Balaban J connectivity index is 2.05. The maximum Gasteiger partial charge on any atom is 0.220 e. The van der Waals surface area contributed by atoms with Crippen molar-refractivity contribution < 1.29 is 4.79 Å². The Labute approximate surface area is 122 Å². The van der Waals surface area contributed by atoms with E-state index in [1.54, 1.807) is 0 Å². The van der Waals surface area contributed by atoms with Gasteiger partial charge in [-0.25, -0.2) is 0 Å². The number of anilines is 1. The van der Waals surface area contributed by atoms with Gasteiger partial charge in [0.25, 0.3) is 0 Å². The second-order valence-corrected chi connectivity index (χ2v) is 5.32. The molecule has 1 aromatic rings. The number of nitrogen functional groups attached to an aromatic ring is 1. The van der Waals surface area contributed by atoms with Crippen molar-refractivity contribution in [2.24, 2.45) is 0 Å². The Kier molecular flexibility index (Phi) is 8.52. The topological polar surface area (TPSA) is 55.1 Å². The zero-order chi connectivity index (χ0) is 14.6. The molecule has 3 nitrogen and oxygen atoms in total. The number of benzene rings is 1. The van der Waals surface area contributed by atoms with Crippen molar-refractivity contribution in [3.05, 3.63) is 29.8 Å². The Bertz CT molecular complexity index is 390. The van der Waals surface area contributed by atoms with Gasteiger partial charge in [0.15, 0.2) is 0 Å². The lowest BCUT2D eigenvalue weighted by atomic mass is 10.1. The summed E-state index contributed by atoms with van der Waals surface area (Å²) in [4.78, 5) is 11.7. The molecule has 0 aliphatic heterocycles. The summed E-state index contributed by atoms with van der Waals surface area (Å²) in [6.07, 6.45) is 8.74. The number of aryl methyl sites for hydroxylation is 1. The average Bonchev–Trinajstić information content (AvgIpc) is 2.45. The molecule has 1 aromatic carbocycles. The minimum atomic E-state index is 0.127. The van der Waals surface area contributed by atoms with E-state index in [1.807, 2.05) is 24.3 Å². The van der Waals surface area contributed by atoms with Crippen LogP contribution in [-0.4, -0.2) is 12.5 Å². The first-order valence-corrected chi connectivity index (χ1v) is 7.84. The molecule has 0 fully saturated rings. The Morgan fingerprint density at radius 1 is 1.10 bits per heavy atom. The summed E-state index contributed by atoms with van der Waals surface area (Å²) < 4.78 is 0. The van der Waals surface area contributed by atoms with E-state index < -0.39 is 0 Å². The molecule has 3 heteroatoms. The summed E-state index contributed by atoms with van der Waals surface area (Å²) in [5.41, 5.74) is 7.69. The summed E-state index contributed by atoms with van der Waals surface area (Å²) in [5.74, 6) is 0.127. The highest BCUT2D eigenvalue weighted by Gasteiger charge is 2.03. The van der Waals surface area contributed by atoms with E-state index in [-0.39, 0.29) is 5.91 Å². The zero-order valence-electron chi connectivity index (χ0n) is 12.7. The first-order valence-electron chi connectivity index (χ1n) is 7.84. The second kappa shape index (κ2) is 10.3. The number of unbranched alkanes of at least 4 members (excludes halogenated alkanes) is 5. The number of rotatable bonds is 10. The van der Waals surface area contributed by atoms with Gasteiger partial charge in [-0.15, -0.1) is 0 Å². The molecule has 0 saturated carbocycles. The lowest BCUT2D eigenvalue weighted by Crippen LogP contribution is -2.24. The number of carbonyl (C=O) groups is 1. The van der Waals surface area contributed by atoms with Crippen LogP contribution < -0.4 is 11.1 Å². The first-order chi connectivity index (χ1) is 9.74. The van der Waals surface area contributed by atoms with Gasteiger partial charge in [-0.05, 0) is 24.5 Å². The normalized spacial score (nSPS) is 10.4. The van der Waals surface area contributed by atoms with Crippen LogP contribution in [0.5, 0.6) is 0 Å². The highest BCUT2D eigenvalue weighted by atomic mass is 16.1. The molecular formula is C17H28N2O. The molecule has 0 aliphatic rings. The minimum Gasteiger partial charge on any atom is -0.399 e. The molecule has 0 radical (unpaired) electrons. The quantitative estimate of drug-likeness (QED) is 0.506. The van der Waals surface area contributed by atoms with Crippen LogP contribution >= 0.6 is 0 Å². The van der Waals surface area contributed by atoms with Crippen molar-refractivity contribution >= 4 is 11.6 Å².